The molecule has 280 valence electrons. The lowest BCUT2D eigenvalue weighted by Crippen LogP contribution is -2.50. The van der Waals surface area contributed by atoms with Crippen molar-refractivity contribution in [3.63, 3.8) is 0 Å². The molecule has 0 atom stereocenters. The minimum absolute atomic E-state index is 0.157. The summed E-state index contributed by atoms with van der Waals surface area (Å²) in [6.07, 6.45) is 8.64. The molecule has 55 heavy (non-hydrogen) atoms. The third kappa shape index (κ3) is 9.44. The van der Waals surface area contributed by atoms with Crippen LogP contribution in [0.4, 0.5) is 11.4 Å². The molecule has 2 fully saturated rings. The highest BCUT2D eigenvalue weighted by Crippen LogP contribution is 2.40. The lowest BCUT2D eigenvalue weighted by molar-refractivity contribution is -0.388. The molecule has 0 N–H and O–H groups in total. The van der Waals surface area contributed by atoms with Crippen LogP contribution < -0.4 is 0 Å². The molecule has 0 radical (unpaired) electrons. The number of rotatable bonds is 10. The van der Waals surface area contributed by atoms with Gasteiger partial charge in [0.25, 0.3) is 23.2 Å². The number of nitro groups is 2. The number of carbonyl (C=O) groups is 4. The lowest BCUT2D eigenvalue weighted by atomic mass is 10.1. The molecule has 2 aliphatic heterocycles. The van der Waals surface area contributed by atoms with E-state index < -0.39 is 9.85 Å². The Balaban J connectivity index is 1.06. The maximum atomic E-state index is 12.9. The second-order valence-electron chi connectivity index (χ2n) is 12.4. The summed E-state index contributed by atoms with van der Waals surface area (Å²) < 4.78 is 0. The molecular weight excluding hydrogens is 729 g/mol. The number of hydrogen-bond donors (Lipinski definition) is 0. The van der Waals surface area contributed by atoms with Gasteiger partial charge in [0.15, 0.2) is 0 Å². The van der Waals surface area contributed by atoms with Crippen LogP contribution in [-0.4, -0.2) is 115 Å². The molecule has 2 aliphatic rings. The fraction of sp³-hybridized carbons (Fsp3) is 0.211. The molecule has 2 aromatic heterocycles. The largest absolute Gasteiger partial charge is 0.336 e. The SMILES string of the molecule is O=C(/C=C/c1ccc(Sc2ccc(/C=C/C(=O)N3CCN(C(=O)c4ccccn4)CC3)cc2[N+](=O)[O-])c([N+](=O)[O-])c1)N1CCN(C(=O)c2ccccn2)CC1. The molecule has 0 saturated carbocycles. The summed E-state index contributed by atoms with van der Waals surface area (Å²) in [4.78, 5) is 89.0. The van der Waals surface area contributed by atoms with Gasteiger partial charge in [0.05, 0.1) is 19.6 Å². The second kappa shape index (κ2) is 17.4. The van der Waals surface area contributed by atoms with Gasteiger partial charge in [-0.2, -0.15) is 0 Å². The zero-order chi connectivity index (χ0) is 38.9. The van der Waals surface area contributed by atoms with Gasteiger partial charge in [-0.25, -0.2) is 0 Å². The molecule has 6 rings (SSSR count). The molecule has 0 unspecified atom stereocenters. The van der Waals surface area contributed by atoms with Crippen molar-refractivity contribution in [1.29, 1.82) is 0 Å². The van der Waals surface area contributed by atoms with Gasteiger partial charge < -0.3 is 19.6 Å². The van der Waals surface area contributed by atoms with Crippen LogP contribution in [0.5, 0.6) is 0 Å². The maximum Gasteiger partial charge on any atom is 0.283 e. The van der Waals surface area contributed by atoms with Crippen molar-refractivity contribution in [1.82, 2.24) is 29.6 Å². The van der Waals surface area contributed by atoms with E-state index in [9.17, 15) is 39.4 Å². The maximum absolute atomic E-state index is 12.9. The summed E-state index contributed by atoms with van der Waals surface area (Å²) in [6, 6.07) is 18.8. The summed E-state index contributed by atoms with van der Waals surface area (Å²) in [7, 11) is 0. The highest BCUT2D eigenvalue weighted by Gasteiger charge is 2.26. The first-order valence-corrected chi connectivity index (χ1v) is 18.0. The fourth-order valence-corrected chi connectivity index (χ4v) is 6.95. The zero-order valence-corrected chi connectivity index (χ0v) is 30.1. The van der Waals surface area contributed by atoms with Crippen LogP contribution in [-0.2, 0) is 9.59 Å². The van der Waals surface area contributed by atoms with E-state index in [1.54, 1.807) is 80.5 Å². The van der Waals surface area contributed by atoms with Crippen molar-refractivity contribution < 1.29 is 29.0 Å². The van der Waals surface area contributed by atoms with E-state index in [1.165, 1.54) is 48.6 Å². The molecule has 17 heteroatoms. The molecule has 16 nitrogen and oxygen atoms in total. The average Bonchev–Trinajstić information content (AvgIpc) is 3.22. The summed E-state index contributed by atoms with van der Waals surface area (Å²) >= 11 is 0.856. The minimum atomic E-state index is -0.595. The predicted octanol–water partition coefficient (Wildman–Crippen LogP) is 4.44. The number of hydrogen-bond acceptors (Lipinski definition) is 11. The van der Waals surface area contributed by atoms with Crippen LogP contribution in [0.1, 0.15) is 32.1 Å². The molecule has 0 aliphatic carbocycles. The lowest BCUT2D eigenvalue weighted by Gasteiger charge is -2.34. The summed E-state index contributed by atoms with van der Waals surface area (Å²) in [5.74, 6) is -1.04. The van der Waals surface area contributed by atoms with E-state index in [0.29, 0.717) is 74.9 Å². The van der Waals surface area contributed by atoms with Gasteiger partial charge in [0.2, 0.25) is 11.8 Å². The molecule has 2 aromatic carbocycles. The fourth-order valence-electron chi connectivity index (χ4n) is 5.96. The number of nitrogens with zero attached hydrogens (tertiary/aromatic N) is 8. The van der Waals surface area contributed by atoms with Gasteiger partial charge in [-0.15, -0.1) is 0 Å². The van der Waals surface area contributed by atoms with Gasteiger partial charge in [-0.1, -0.05) is 36.0 Å². The topological polar surface area (TPSA) is 193 Å². The van der Waals surface area contributed by atoms with Crippen LogP contribution in [0.3, 0.4) is 0 Å². The molecule has 4 aromatic rings. The van der Waals surface area contributed by atoms with Gasteiger partial charge in [-0.3, -0.25) is 49.4 Å². The quantitative estimate of drug-likeness (QED) is 0.126. The van der Waals surface area contributed by atoms with Crippen molar-refractivity contribution >= 4 is 58.9 Å². The highest BCUT2D eigenvalue weighted by atomic mass is 32.2. The number of nitro benzene ring substituents is 2. The van der Waals surface area contributed by atoms with Gasteiger partial charge >= 0.3 is 0 Å². The first-order valence-electron chi connectivity index (χ1n) is 17.2. The van der Waals surface area contributed by atoms with Crippen LogP contribution in [0, 0.1) is 20.2 Å². The second-order valence-corrected chi connectivity index (χ2v) is 13.5. The van der Waals surface area contributed by atoms with E-state index in [0.717, 1.165) is 11.8 Å². The first-order chi connectivity index (χ1) is 26.6. The molecule has 0 spiro atoms. The first kappa shape index (κ1) is 38.0. The van der Waals surface area contributed by atoms with Gasteiger partial charge in [0.1, 0.15) is 11.4 Å². The van der Waals surface area contributed by atoms with Crippen molar-refractivity contribution in [2.45, 2.75) is 9.79 Å². The third-order valence-corrected chi connectivity index (χ3v) is 10.1. The molecule has 0 bridgehead atoms. The smallest absolute Gasteiger partial charge is 0.283 e. The molecule has 2 saturated heterocycles. The Kier molecular flexibility index (Phi) is 12.0. The van der Waals surface area contributed by atoms with Gasteiger partial charge in [0, 0.05) is 89.0 Å². The van der Waals surface area contributed by atoms with Crippen molar-refractivity contribution in [2.75, 3.05) is 52.4 Å². The standard InChI is InChI=1S/C38H34N8O8S/c47-35(41-17-21-43(22-18-41)37(49)29-5-1-3-15-39-29)13-9-27-7-11-33(31(25-27)45(51)52)55-34-12-8-28(26-32(34)46(53)54)10-14-36(48)42-19-23-44(24-20-42)38(50)30-6-2-4-16-40-30/h1-16,25-26H,17-24H2/b13-9+,14-10+. The Hall–Kier alpha value is -6.75. The van der Waals surface area contributed by atoms with E-state index in [-0.39, 0.29) is 44.8 Å². The zero-order valence-electron chi connectivity index (χ0n) is 29.3. The van der Waals surface area contributed by atoms with Crippen LogP contribution in [0.15, 0.2) is 107 Å². The molecule has 4 heterocycles. The number of benzene rings is 2. The number of carbonyl (C=O) groups excluding carboxylic acids is 4. The highest BCUT2D eigenvalue weighted by molar-refractivity contribution is 7.99. The molecule has 4 amide bonds. The Bertz CT molecular complexity index is 2010. The van der Waals surface area contributed by atoms with Crippen LogP contribution in [0.2, 0.25) is 0 Å². The Morgan fingerprint density at radius 1 is 0.564 bits per heavy atom. The van der Waals surface area contributed by atoms with Crippen molar-refractivity contribution in [3.8, 4) is 0 Å². The van der Waals surface area contributed by atoms with E-state index >= 15 is 0 Å². The summed E-state index contributed by atoms with van der Waals surface area (Å²) in [5, 5.41) is 24.1. The average molecular weight is 763 g/mol. The predicted molar refractivity (Wildman–Crippen MR) is 202 cm³/mol. The molecular formula is C38H34N8O8S. The summed E-state index contributed by atoms with van der Waals surface area (Å²) in [5.41, 5.74) is 0.832. The van der Waals surface area contributed by atoms with E-state index in [2.05, 4.69) is 9.97 Å². The van der Waals surface area contributed by atoms with Crippen LogP contribution >= 0.6 is 11.8 Å². The number of pyridine rings is 2. The van der Waals surface area contributed by atoms with Gasteiger partial charge in [-0.05, 0) is 59.7 Å². The van der Waals surface area contributed by atoms with E-state index in [1.807, 2.05) is 0 Å². The van der Waals surface area contributed by atoms with E-state index in [4.69, 9.17) is 0 Å². The van der Waals surface area contributed by atoms with Crippen molar-refractivity contribution in [3.05, 3.63) is 140 Å². The Morgan fingerprint density at radius 2 is 0.945 bits per heavy atom. The number of amides is 4. The summed E-state index contributed by atoms with van der Waals surface area (Å²) in [6.45, 7) is 2.61. The number of aromatic nitrogens is 2. The normalized spacial score (nSPS) is 14.7. The monoisotopic (exact) mass is 762 g/mol. The Labute approximate surface area is 319 Å². The number of piperazine rings is 2. The van der Waals surface area contributed by atoms with Crippen molar-refractivity contribution in [2.24, 2.45) is 0 Å². The minimum Gasteiger partial charge on any atom is -0.336 e. The van der Waals surface area contributed by atoms with Crippen LogP contribution in [0.25, 0.3) is 12.2 Å². The third-order valence-electron chi connectivity index (χ3n) is 8.94. The Morgan fingerprint density at radius 3 is 1.29 bits per heavy atom.